The fraction of sp³-hybridized carbons (Fsp3) is 0.579. The molecule has 0 unspecified atom stereocenters. The van der Waals surface area contributed by atoms with Gasteiger partial charge in [0.15, 0.2) is 5.13 Å². The summed E-state index contributed by atoms with van der Waals surface area (Å²) in [5.41, 5.74) is 7.15. The third-order valence-corrected chi connectivity index (χ3v) is 6.64. The Morgan fingerprint density at radius 2 is 2.00 bits per heavy atom. The number of carbonyl (C=O) groups excluding carboxylic acids is 1. The van der Waals surface area contributed by atoms with Crippen molar-refractivity contribution in [1.29, 1.82) is 0 Å². The molecular weight excluding hydrogens is 362 g/mol. The van der Waals surface area contributed by atoms with Crippen LogP contribution < -0.4 is 11.3 Å². The van der Waals surface area contributed by atoms with Crippen LogP contribution in [0.3, 0.4) is 0 Å². The molecule has 2 aromatic rings. The average molecular weight is 388 g/mol. The first kappa shape index (κ1) is 18.2. The molecule has 1 amide bonds. The van der Waals surface area contributed by atoms with Gasteiger partial charge >= 0.3 is 0 Å². The lowest BCUT2D eigenvalue weighted by atomic mass is 9.76. The summed E-state index contributed by atoms with van der Waals surface area (Å²) in [4.78, 5) is 39.6. The summed E-state index contributed by atoms with van der Waals surface area (Å²) < 4.78 is 0. The molecule has 0 saturated carbocycles. The number of piperidine rings is 1. The van der Waals surface area contributed by atoms with Gasteiger partial charge in [-0.2, -0.15) is 0 Å². The van der Waals surface area contributed by atoms with Crippen LogP contribution in [0, 0.1) is 0 Å². The molecule has 0 atom stereocenters. The number of amides is 1. The van der Waals surface area contributed by atoms with Crippen LogP contribution in [0.1, 0.15) is 66.8 Å². The quantitative estimate of drug-likeness (QED) is 0.781. The first-order valence-corrected chi connectivity index (χ1v) is 10.2. The van der Waals surface area contributed by atoms with Crippen molar-refractivity contribution in [1.82, 2.24) is 19.9 Å². The highest BCUT2D eigenvalue weighted by Gasteiger charge is 2.45. The van der Waals surface area contributed by atoms with Crippen LogP contribution in [0.4, 0.5) is 5.13 Å². The number of H-pyrrole nitrogens is 1. The third kappa shape index (κ3) is 3.05. The highest BCUT2D eigenvalue weighted by molar-refractivity contribution is 7.17. The van der Waals surface area contributed by atoms with E-state index in [1.807, 2.05) is 4.90 Å². The van der Waals surface area contributed by atoms with Crippen LogP contribution in [-0.2, 0) is 17.3 Å². The number of hydrogen-bond donors (Lipinski definition) is 2. The van der Waals surface area contributed by atoms with Gasteiger partial charge < -0.3 is 15.6 Å². The molecule has 0 bridgehead atoms. The number of anilines is 1. The molecule has 1 fully saturated rings. The highest BCUT2D eigenvalue weighted by atomic mass is 32.1. The minimum atomic E-state index is -0.208. The zero-order chi connectivity index (χ0) is 19.4. The Morgan fingerprint density at radius 1 is 1.30 bits per heavy atom. The van der Waals surface area contributed by atoms with Gasteiger partial charge in [0, 0.05) is 29.5 Å². The number of hydrogen-bond acceptors (Lipinski definition) is 6. The third-order valence-electron chi connectivity index (χ3n) is 5.82. The van der Waals surface area contributed by atoms with Crippen LogP contribution in [0.2, 0.25) is 0 Å². The van der Waals surface area contributed by atoms with Crippen molar-refractivity contribution in [3.63, 3.8) is 0 Å². The molecule has 0 aromatic carbocycles. The smallest absolute Gasteiger partial charge is 0.265 e. The Morgan fingerprint density at radius 3 is 2.59 bits per heavy atom. The number of rotatable bonds is 1. The molecule has 1 saturated heterocycles. The number of likely N-dealkylation sites (tertiary alicyclic amines) is 1. The molecule has 1 aliphatic heterocycles. The van der Waals surface area contributed by atoms with Gasteiger partial charge in [0.1, 0.15) is 10.7 Å². The van der Waals surface area contributed by atoms with Crippen molar-refractivity contribution in [3.05, 3.63) is 38.5 Å². The van der Waals surface area contributed by atoms with Gasteiger partial charge in [-0.25, -0.2) is 9.97 Å². The van der Waals surface area contributed by atoms with E-state index in [1.165, 1.54) is 11.3 Å². The lowest BCUT2D eigenvalue weighted by molar-refractivity contribution is 0.0668. The lowest BCUT2D eigenvalue weighted by Crippen LogP contribution is -2.45. The number of nitrogens with two attached hydrogens (primary N) is 1. The number of aromatic nitrogens is 3. The molecular formula is C19H25N5O2S. The fourth-order valence-corrected chi connectivity index (χ4v) is 4.83. The number of fused-ring (bicyclic) bond motifs is 2. The van der Waals surface area contributed by atoms with Crippen molar-refractivity contribution in [2.75, 3.05) is 18.8 Å². The topological polar surface area (TPSA) is 105 Å². The SMILES string of the molecule is CC(C)(C)c1nc2c(c(=O)[nH]1)CCC21CCN(C(=O)c2cnc(N)s2)CC1. The minimum absolute atomic E-state index is 0.000408. The van der Waals surface area contributed by atoms with Crippen molar-refractivity contribution in [2.24, 2.45) is 0 Å². The number of nitrogen functional groups attached to an aromatic ring is 1. The fourth-order valence-electron chi connectivity index (χ4n) is 4.17. The molecule has 4 rings (SSSR count). The molecule has 3 N–H and O–H groups in total. The molecule has 2 aromatic heterocycles. The van der Waals surface area contributed by atoms with E-state index >= 15 is 0 Å². The van der Waals surface area contributed by atoms with Crippen LogP contribution in [0.5, 0.6) is 0 Å². The molecule has 3 heterocycles. The van der Waals surface area contributed by atoms with Crippen LogP contribution in [-0.4, -0.2) is 38.8 Å². The molecule has 7 nitrogen and oxygen atoms in total. The van der Waals surface area contributed by atoms with Crippen molar-refractivity contribution in [2.45, 2.75) is 57.3 Å². The number of nitrogens with one attached hydrogen (secondary N) is 1. The van der Waals surface area contributed by atoms with E-state index in [4.69, 9.17) is 10.7 Å². The lowest BCUT2D eigenvalue weighted by Gasteiger charge is -2.39. The number of aromatic amines is 1. The van der Waals surface area contributed by atoms with E-state index in [9.17, 15) is 9.59 Å². The standard InChI is InChI=1S/C19H25N5O2S/c1-18(2,3)16-22-13-11(14(25)23-16)4-5-19(13)6-8-24(9-7-19)15(26)12-10-21-17(20)27-12/h10H,4-9H2,1-3H3,(H2,20,21)(H,22,23,25). The maximum absolute atomic E-state index is 12.7. The van der Waals surface area contributed by atoms with Crippen LogP contribution in [0.25, 0.3) is 0 Å². The zero-order valence-corrected chi connectivity index (χ0v) is 16.8. The van der Waals surface area contributed by atoms with E-state index in [1.54, 1.807) is 6.20 Å². The Labute approximate surface area is 162 Å². The van der Waals surface area contributed by atoms with Crippen molar-refractivity contribution < 1.29 is 4.79 Å². The van der Waals surface area contributed by atoms with Gasteiger partial charge in [0.2, 0.25) is 0 Å². The van der Waals surface area contributed by atoms with E-state index in [0.29, 0.717) is 23.1 Å². The summed E-state index contributed by atoms with van der Waals surface area (Å²) in [7, 11) is 0. The van der Waals surface area contributed by atoms with E-state index in [-0.39, 0.29) is 22.3 Å². The van der Waals surface area contributed by atoms with Gasteiger partial charge in [0.05, 0.1) is 11.9 Å². The second kappa shape index (κ2) is 6.15. The summed E-state index contributed by atoms with van der Waals surface area (Å²) >= 11 is 1.23. The number of thiazole rings is 1. The van der Waals surface area contributed by atoms with Gasteiger partial charge in [0.25, 0.3) is 11.5 Å². The zero-order valence-electron chi connectivity index (χ0n) is 16.0. The Hall–Kier alpha value is -2.22. The first-order chi connectivity index (χ1) is 12.7. The number of nitrogens with zero attached hydrogens (tertiary/aromatic N) is 3. The highest BCUT2D eigenvalue weighted by Crippen LogP contribution is 2.44. The second-order valence-electron chi connectivity index (χ2n) is 8.63. The Kier molecular flexibility index (Phi) is 4.14. The average Bonchev–Trinajstić information content (AvgIpc) is 3.19. The number of carbonyl (C=O) groups is 1. The van der Waals surface area contributed by atoms with E-state index in [2.05, 4.69) is 30.7 Å². The predicted octanol–water partition coefficient (Wildman–Crippen LogP) is 2.23. The summed E-state index contributed by atoms with van der Waals surface area (Å²) in [6.07, 6.45) is 4.91. The summed E-state index contributed by atoms with van der Waals surface area (Å²) in [6, 6.07) is 0. The van der Waals surface area contributed by atoms with Gasteiger partial charge in [-0.05, 0) is 25.7 Å². The summed E-state index contributed by atoms with van der Waals surface area (Å²) in [5, 5.41) is 0.412. The summed E-state index contributed by atoms with van der Waals surface area (Å²) in [5.74, 6) is 0.734. The van der Waals surface area contributed by atoms with E-state index < -0.39 is 0 Å². The maximum Gasteiger partial charge on any atom is 0.265 e. The monoisotopic (exact) mass is 387 g/mol. The van der Waals surface area contributed by atoms with Gasteiger partial charge in [-0.3, -0.25) is 9.59 Å². The maximum atomic E-state index is 12.7. The first-order valence-electron chi connectivity index (χ1n) is 9.34. The summed E-state index contributed by atoms with van der Waals surface area (Å²) in [6.45, 7) is 7.49. The van der Waals surface area contributed by atoms with Gasteiger partial charge in [-0.1, -0.05) is 32.1 Å². The van der Waals surface area contributed by atoms with Crippen LogP contribution >= 0.6 is 11.3 Å². The second-order valence-corrected chi connectivity index (χ2v) is 9.69. The largest absolute Gasteiger partial charge is 0.375 e. The molecule has 1 aliphatic carbocycles. The Bertz CT molecular complexity index is 948. The minimum Gasteiger partial charge on any atom is -0.375 e. The van der Waals surface area contributed by atoms with Crippen molar-refractivity contribution >= 4 is 22.4 Å². The molecule has 1 spiro atoms. The normalized spacial score (nSPS) is 18.7. The Balaban J connectivity index is 1.59. The molecule has 0 radical (unpaired) electrons. The molecule has 2 aliphatic rings. The predicted molar refractivity (Wildman–Crippen MR) is 105 cm³/mol. The van der Waals surface area contributed by atoms with E-state index in [0.717, 1.165) is 42.8 Å². The van der Waals surface area contributed by atoms with Crippen molar-refractivity contribution in [3.8, 4) is 0 Å². The van der Waals surface area contributed by atoms with Crippen LogP contribution in [0.15, 0.2) is 11.0 Å². The molecule has 8 heteroatoms. The molecule has 27 heavy (non-hydrogen) atoms. The van der Waals surface area contributed by atoms with Gasteiger partial charge in [-0.15, -0.1) is 0 Å². The molecule has 144 valence electrons.